The molecule has 0 aromatic carbocycles. The third-order valence-electron chi connectivity index (χ3n) is 2.10. The van der Waals surface area contributed by atoms with Crippen LogP contribution in [0.25, 0.3) is 0 Å². The van der Waals surface area contributed by atoms with Gasteiger partial charge in [0.05, 0.1) is 13.5 Å². The first-order valence-electron chi connectivity index (χ1n) is 4.27. The molecule has 0 saturated heterocycles. The number of hydrogen-bond acceptors (Lipinski definition) is 3. The van der Waals surface area contributed by atoms with Crippen LogP contribution in [0, 0.1) is 0 Å². The second kappa shape index (κ2) is 4.13. The van der Waals surface area contributed by atoms with Crippen molar-refractivity contribution in [3.05, 3.63) is 28.2 Å². The molecule has 0 atom stereocenters. The number of ether oxygens (including phenoxy) is 1. The maximum atomic E-state index is 11.3. The topological polar surface area (TPSA) is 48.3 Å². The molecular formula is C9H12BNO3. The lowest BCUT2D eigenvalue weighted by Crippen LogP contribution is -2.26. The molecule has 0 amide bonds. The Morgan fingerprint density at radius 1 is 1.64 bits per heavy atom. The zero-order valence-corrected chi connectivity index (χ0v) is 8.53. The highest BCUT2D eigenvalue weighted by Gasteiger charge is 2.06. The van der Waals surface area contributed by atoms with Crippen molar-refractivity contribution in [3.8, 4) is 0 Å². The minimum absolute atomic E-state index is 0.116. The molecule has 1 rings (SSSR count). The van der Waals surface area contributed by atoms with Crippen LogP contribution in [0.4, 0.5) is 0 Å². The molecule has 0 aliphatic rings. The van der Waals surface area contributed by atoms with Crippen LogP contribution in [-0.2, 0) is 23.0 Å². The Hall–Kier alpha value is -1.52. The number of pyridine rings is 1. The molecule has 0 fully saturated rings. The summed E-state index contributed by atoms with van der Waals surface area (Å²) in [5.74, 6) is -0.332. The van der Waals surface area contributed by atoms with Gasteiger partial charge in [-0.1, -0.05) is 5.46 Å². The Bertz CT molecular complexity index is 411. The molecule has 1 heterocycles. The van der Waals surface area contributed by atoms with E-state index in [1.807, 2.05) is 7.85 Å². The summed E-state index contributed by atoms with van der Waals surface area (Å²) in [6.45, 7) is 0. The van der Waals surface area contributed by atoms with Crippen molar-refractivity contribution in [3.63, 3.8) is 0 Å². The van der Waals surface area contributed by atoms with Crippen LogP contribution in [0.3, 0.4) is 0 Å². The van der Waals surface area contributed by atoms with Crippen LogP contribution in [-0.4, -0.2) is 25.5 Å². The summed E-state index contributed by atoms with van der Waals surface area (Å²) in [6.07, 6.45) is 1.86. The number of aromatic nitrogens is 1. The number of carbonyl (C=O) groups is 1. The first-order valence-corrected chi connectivity index (χ1v) is 4.27. The SMILES string of the molecule is Bc1cn(C)c(=O)cc1CC(=O)OC. The third kappa shape index (κ3) is 2.25. The molecule has 1 aromatic heterocycles. The van der Waals surface area contributed by atoms with Crippen LogP contribution in [0.5, 0.6) is 0 Å². The normalized spacial score (nSPS) is 9.86. The number of rotatable bonds is 2. The fourth-order valence-electron chi connectivity index (χ4n) is 1.22. The molecule has 0 aliphatic heterocycles. The van der Waals surface area contributed by atoms with Crippen LogP contribution in [0.15, 0.2) is 17.1 Å². The maximum absolute atomic E-state index is 11.3. The van der Waals surface area contributed by atoms with E-state index in [1.54, 1.807) is 13.2 Å². The summed E-state index contributed by atoms with van der Waals surface area (Å²) in [4.78, 5) is 22.3. The van der Waals surface area contributed by atoms with Gasteiger partial charge in [-0.2, -0.15) is 0 Å². The van der Waals surface area contributed by atoms with Crippen molar-refractivity contribution in [2.45, 2.75) is 6.42 Å². The molecule has 0 bridgehead atoms. The standard InChI is InChI=1S/C9H12BNO3/c1-11-5-7(10)6(3-8(11)12)4-9(13)14-2/h3,5H,4,10H2,1-2H3. The van der Waals surface area contributed by atoms with E-state index in [2.05, 4.69) is 4.74 Å². The lowest BCUT2D eigenvalue weighted by atomic mass is 9.91. The molecule has 0 radical (unpaired) electrons. The number of hydrogen-bond donors (Lipinski definition) is 0. The number of nitrogens with zero attached hydrogens (tertiary/aromatic N) is 1. The highest BCUT2D eigenvalue weighted by atomic mass is 16.5. The maximum Gasteiger partial charge on any atom is 0.309 e. The Labute approximate surface area is 82.9 Å². The van der Waals surface area contributed by atoms with Gasteiger partial charge in [-0.15, -0.1) is 0 Å². The van der Waals surface area contributed by atoms with E-state index in [-0.39, 0.29) is 17.9 Å². The van der Waals surface area contributed by atoms with Gasteiger partial charge in [-0.3, -0.25) is 9.59 Å². The van der Waals surface area contributed by atoms with Gasteiger partial charge in [0.25, 0.3) is 0 Å². The summed E-state index contributed by atoms with van der Waals surface area (Å²) in [5, 5.41) is 0. The first kappa shape index (κ1) is 10.6. The van der Waals surface area contributed by atoms with Crippen molar-refractivity contribution >= 4 is 19.3 Å². The summed E-state index contributed by atoms with van der Waals surface area (Å²) in [6, 6.07) is 1.46. The summed E-state index contributed by atoms with van der Waals surface area (Å²) < 4.78 is 6.01. The van der Waals surface area contributed by atoms with E-state index in [0.717, 1.165) is 11.0 Å². The lowest BCUT2D eigenvalue weighted by molar-refractivity contribution is -0.139. The minimum Gasteiger partial charge on any atom is -0.469 e. The van der Waals surface area contributed by atoms with E-state index in [0.29, 0.717) is 0 Å². The first-order chi connectivity index (χ1) is 6.54. The number of esters is 1. The lowest BCUT2D eigenvalue weighted by Gasteiger charge is -2.06. The van der Waals surface area contributed by atoms with Gasteiger partial charge in [-0.25, -0.2) is 0 Å². The second-order valence-corrected chi connectivity index (χ2v) is 3.18. The minimum atomic E-state index is -0.332. The average Bonchev–Trinajstić information content (AvgIpc) is 2.14. The second-order valence-electron chi connectivity index (χ2n) is 3.18. The van der Waals surface area contributed by atoms with Gasteiger partial charge in [0.15, 0.2) is 0 Å². The number of methoxy groups -OCH3 is 1. The summed E-state index contributed by atoms with van der Waals surface area (Å²) >= 11 is 0. The third-order valence-corrected chi connectivity index (χ3v) is 2.10. The van der Waals surface area contributed by atoms with E-state index in [9.17, 15) is 9.59 Å². The van der Waals surface area contributed by atoms with Gasteiger partial charge in [-0.05, 0) is 5.56 Å². The van der Waals surface area contributed by atoms with Crippen molar-refractivity contribution < 1.29 is 9.53 Å². The fourth-order valence-corrected chi connectivity index (χ4v) is 1.22. The summed E-state index contributed by atoms with van der Waals surface area (Å²) in [5.41, 5.74) is 1.52. The molecule has 0 aliphatic carbocycles. The fraction of sp³-hybridized carbons (Fsp3) is 0.333. The predicted octanol–water partition coefficient (Wildman–Crippen LogP) is -1.64. The Morgan fingerprint density at radius 3 is 2.86 bits per heavy atom. The van der Waals surface area contributed by atoms with E-state index < -0.39 is 0 Å². The van der Waals surface area contributed by atoms with Crippen LogP contribution < -0.4 is 11.0 Å². The molecule has 74 valence electrons. The largest absolute Gasteiger partial charge is 0.469 e. The van der Waals surface area contributed by atoms with Gasteiger partial charge in [0.1, 0.15) is 7.85 Å². The Morgan fingerprint density at radius 2 is 2.29 bits per heavy atom. The summed E-state index contributed by atoms with van der Waals surface area (Å²) in [7, 11) is 4.87. The van der Waals surface area contributed by atoms with E-state index >= 15 is 0 Å². The number of carbonyl (C=O) groups excluding carboxylic acids is 1. The van der Waals surface area contributed by atoms with Gasteiger partial charge in [0.2, 0.25) is 5.56 Å². The molecule has 0 spiro atoms. The highest BCUT2D eigenvalue weighted by Crippen LogP contribution is 1.93. The Kier molecular flexibility index (Phi) is 3.12. The predicted molar refractivity (Wildman–Crippen MR) is 55.6 cm³/mol. The molecule has 0 saturated carbocycles. The van der Waals surface area contributed by atoms with Crippen molar-refractivity contribution in [1.82, 2.24) is 4.57 Å². The van der Waals surface area contributed by atoms with E-state index in [4.69, 9.17) is 0 Å². The van der Waals surface area contributed by atoms with Crippen molar-refractivity contribution in [2.24, 2.45) is 7.05 Å². The van der Waals surface area contributed by atoms with Crippen LogP contribution in [0.2, 0.25) is 0 Å². The quantitative estimate of drug-likeness (QED) is 0.418. The molecule has 0 N–H and O–H groups in total. The Balaban J connectivity index is 3.04. The zero-order valence-electron chi connectivity index (χ0n) is 8.53. The van der Waals surface area contributed by atoms with E-state index in [1.165, 1.54) is 17.7 Å². The molecule has 14 heavy (non-hydrogen) atoms. The van der Waals surface area contributed by atoms with Crippen molar-refractivity contribution in [2.75, 3.05) is 7.11 Å². The molecule has 5 heteroatoms. The zero-order chi connectivity index (χ0) is 10.7. The average molecular weight is 193 g/mol. The monoisotopic (exact) mass is 193 g/mol. The molecule has 0 unspecified atom stereocenters. The highest BCUT2D eigenvalue weighted by molar-refractivity contribution is 6.33. The smallest absolute Gasteiger partial charge is 0.309 e. The molecular weight excluding hydrogens is 181 g/mol. The van der Waals surface area contributed by atoms with Gasteiger partial charge in [0, 0.05) is 19.3 Å². The van der Waals surface area contributed by atoms with Crippen LogP contribution in [0.1, 0.15) is 5.56 Å². The molecule has 1 aromatic rings. The van der Waals surface area contributed by atoms with Crippen molar-refractivity contribution in [1.29, 1.82) is 0 Å². The van der Waals surface area contributed by atoms with Gasteiger partial charge >= 0.3 is 5.97 Å². The van der Waals surface area contributed by atoms with Gasteiger partial charge < -0.3 is 9.30 Å². The number of aryl methyl sites for hydroxylation is 1. The van der Waals surface area contributed by atoms with Crippen LogP contribution >= 0.6 is 0 Å². The molecule has 4 nitrogen and oxygen atoms in total.